The van der Waals surface area contributed by atoms with Crippen LogP contribution < -0.4 is 4.74 Å². The molecule has 0 unspecified atom stereocenters. The Kier molecular flexibility index (Phi) is 4.69. The average Bonchev–Trinajstić information content (AvgIpc) is 3.06. The normalized spacial score (nSPS) is 18.7. The summed E-state index contributed by atoms with van der Waals surface area (Å²) >= 11 is 0. The van der Waals surface area contributed by atoms with Crippen LogP contribution in [0.15, 0.2) is 27.1 Å². The molecule has 23 heavy (non-hydrogen) atoms. The Morgan fingerprint density at radius 3 is 2.87 bits per heavy atom. The Bertz CT molecular complexity index is 661. The predicted octanol–water partition coefficient (Wildman–Crippen LogP) is 3.41. The molecular weight excluding hydrogens is 296 g/mol. The number of likely N-dealkylation sites (tertiary alicyclic amines) is 1. The Hall–Kier alpha value is -2.24. The number of carbonyl (C=O) groups is 1. The van der Waals surface area contributed by atoms with E-state index < -0.39 is 0 Å². The Labute approximate surface area is 135 Å². The molecule has 1 saturated heterocycles. The van der Waals surface area contributed by atoms with Crippen LogP contribution in [0.3, 0.4) is 0 Å². The fraction of sp³-hybridized carbons (Fsp3) is 0.529. The number of hydrogen-bond donors (Lipinski definition) is 0. The first-order chi connectivity index (χ1) is 11.1. The molecule has 3 rings (SSSR count). The van der Waals surface area contributed by atoms with Crippen LogP contribution in [0.2, 0.25) is 0 Å². The van der Waals surface area contributed by atoms with Crippen LogP contribution in [-0.4, -0.2) is 29.1 Å². The fourth-order valence-corrected chi connectivity index (χ4v) is 2.97. The van der Waals surface area contributed by atoms with Gasteiger partial charge in [-0.25, -0.2) is 0 Å². The molecule has 1 amide bonds. The quantitative estimate of drug-likeness (QED) is 0.864. The van der Waals surface area contributed by atoms with Crippen LogP contribution in [0.5, 0.6) is 5.88 Å². The van der Waals surface area contributed by atoms with Crippen LogP contribution in [0.1, 0.15) is 49.0 Å². The number of amides is 1. The van der Waals surface area contributed by atoms with Crippen molar-refractivity contribution in [3.05, 3.63) is 35.5 Å². The maximum absolute atomic E-state index is 12.6. The molecular formula is C17H22N2O4. The van der Waals surface area contributed by atoms with E-state index in [1.54, 1.807) is 13.0 Å². The van der Waals surface area contributed by atoms with Gasteiger partial charge in [-0.3, -0.25) is 4.79 Å². The van der Waals surface area contributed by atoms with Gasteiger partial charge in [-0.05, 0) is 44.0 Å². The lowest BCUT2D eigenvalue weighted by Gasteiger charge is -2.28. The van der Waals surface area contributed by atoms with Crippen LogP contribution in [0.4, 0.5) is 0 Å². The second-order valence-electron chi connectivity index (χ2n) is 5.97. The van der Waals surface area contributed by atoms with Gasteiger partial charge in [0.05, 0.1) is 6.04 Å². The standard InChI is InChI=1S/C17H22N2O4/c1-12-7-8-15(22-12)14-6-4-3-5-9-19(14)17(20)11-21-16-10-13(2)23-18-16/h7-8,10,14H,3-6,9,11H2,1-2H3/t14-/m0/s1. The van der Waals surface area contributed by atoms with Crippen LogP contribution in [0.25, 0.3) is 0 Å². The first-order valence-electron chi connectivity index (χ1n) is 8.05. The highest BCUT2D eigenvalue weighted by Gasteiger charge is 2.29. The third-order valence-electron chi connectivity index (χ3n) is 4.11. The summed E-state index contributed by atoms with van der Waals surface area (Å²) in [6.07, 6.45) is 4.15. The largest absolute Gasteiger partial charge is 0.465 e. The first-order valence-corrected chi connectivity index (χ1v) is 8.05. The highest BCUT2D eigenvalue weighted by atomic mass is 16.5. The molecule has 2 aromatic rings. The molecule has 6 heteroatoms. The third-order valence-corrected chi connectivity index (χ3v) is 4.11. The number of ether oxygens (including phenoxy) is 1. The lowest BCUT2D eigenvalue weighted by molar-refractivity contribution is -0.136. The molecule has 0 aromatic carbocycles. The van der Waals surface area contributed by atoms with Gasteiger partial charge in [0.2, 0.25) is 0 Å². The summed E-state index contributed by atoms with van der Waals surface area (Å²) in [6.45, 7) is 4.39. The first kappa shape index (κ1) is 15.6. The molecule has 6 nitrogen and oxygen atoms in total. The second-order valence-corrected chi connectivity index (χ2v) is 5.97. The number of furan rings is 1. The zero-order chi connectivity index (χ0) is 16.2. The maximum atomic E-state index is 12.6. The lowest BCUT2D eigenvalue weighted by Crippen LogP contribution is -2.37. The molecule has 1 atom stereocenters. The fourth-order valence-electron chi connectivity index (χ4n) is 2.97. The van der Waals surface area contributed by atoms with Crippen molar-refractivity contribution in [3.8, 4) is 5.88 Å². The van der Waals surface area contributed by atoms with Crippen molar-refractivity contribution in [2.45, 2.75) is 45.6 Å². The van der Waals surface area contributed by atoms with E-state index in [4.69, 9.17) is 13.7 Å². The summed E-state index contributed by atoms with van der Waals surface area (Å²) in [5, 5.41) is 3.75. The monoisotopic (exact) mass is 318 g/mol. The average molecular weight is 318 g/mol. The zero-order valence-corrected chi connectivity index (χ0v) is 13.6. The molecule has 0 aliphatic carbocycles. The Morgan fingerprint density at radius 1 is 1.30 bits per heavy atom. The molecule has 0 spiro atoms. The van der Waals surface area contributed by atoms with Gasteiger partial charge in [0, 0.05) is 12.6 Å². The van der Waals surface area contributed by atoms with Gasteiger partial charge >= 0.3 is 0 Å². The number of carbonyl (C=O) groups excluding carboxylic acids is 1. The van der Waals surface area contributed by atoms with Crippen molar-refractivity contribution in [1.82, 2.24) is 10.1 Å². The van der Waals surface area contributed by atoms with E-state index in [-0.39, 0.29) is 18.6 Å². The molecule has 1 aliphatic rings. The van der Waals surface area contributed by atoms with E-state index in [1.165, 1.54) is 0 Å². The van der Waals surface area contributed by atoms with E-state index in [9.17, 15) is 4.79 Å². The molecule has 124 valence electrons. The summed E-state index contributed by atoms with van der Waals surface area (Å²) in [4.78, 5) is 14.5. The Balaban J connectivity index is 1.69. The van der Waals surface area contributed by atoms with Gasteiger partial charge in [0.15, 0.2) is 6.61 Å². The molecule has 1 fully saturated rings. The van der Waals surface area contributed by atoms with E-state index in [0.717, 1.165) is 43.7 Å². The van der Waals surface area contributed by atoms with Gasteiger partial charge in [-0.15, -0.1) is 0 Å². The summed E-state index contributed by atoms with van der Waals surface area (Å²) < 4.78 is 16.1. The highest BCUT2D eigenvalue weighted by Crippen LogP contribution is 2.31. The molecule has 2 aromatic heterocycles. The smallest absolute Gasteiger partial charge is 0.261 e. The van der Waals surface area contributed by atoms with Gasteiger partial charge < -0.3 is 18.6 Å². The molecule has 3 heterocycles. The highest BCUT2D eigenvalue weighted by molar-refractivity contribution is 5.78. The molecule has 0 bridgehead atoms. The van der Waals surface area contributed by atoms with E-state index in [0.29, 0.717) is 11.6 Å². The molecule has 0 saturated carbocycles. The summed E-state index contributed by atoms with van der Waals surface area (Å²) in [6, 6.07) is 5.56. The molecule has 1 aliphatic heterocycles. The van der Waals surface area contributed by atoms with Gasteiger partial charge in [-0.2, -0.15) is 0 Å². The summed E-state index contributed by atoms with van der Waals surface area (Å²) in [5.74, 6) is 2.68. The van der Waals surface area contributed by atoms with Gasteiger partial charge in [0.1, 0.15) is 17.3 Å². The van der Waals surface area contributed by atoms with Crippen LogP contribution >= 0.6 is 0 Å². The van der Waals surface area contributed by atoms with Crippen molar-refractivity contribution in [2.75, 3.05) is 13.2 Å². The zero-order valence-electron chi connectivity index (χ0n) is 13.6. The number of aromatic nitrogens is 1. The van der Waals surface area contributed by atoms with Crippen molar-refractivity contribution in [1.29, 1.82) is 0 Å². The molecule has 0 N–H and O–H groups in total. The lowest BCUT2D eigenvalue weighted by atomic mass is 10.1. The van der Waals surface area contributed by atoms with E-state index >= 15 is 0 Å². The number of aryl methyl sites for hydroxylation is 2. The van der Waals surface area contributed by atoms with E-state index in [2.05, 4.69) is 5.16 Å². The third kappa shape index (κ3) is 3.75. The minimum Gasteiger partial charge on any atom is -0.465 e. The minimum absolute atomic E-state index is 0.0126. The predicted molar refractivity (Wildman–Crippen MR) is 83.1 cm³/mol. The maximum Gasteiger partial charge on any atom is 0.261 e. The van der Waals surface area contributed by atoms with Crippen LogP contribution in [0, 0.1) is 13.8 Å². The van der Waals surface area contributed by atoms with Crippen molar-refractivity contribution in [3.63, 3.8) is 0 Å². The number of rotatable bonds is 4. The van der Waals surface area contributed by atoms with Gasteiger partial charge in [-0.1, -0.05) is 12.8 Å². The van der Waals surface area contributed by atoms with Gasteiger partial charge in [0.25, 0.3) is 11.8 Å². The number of hydrogen-bond acceptors (Lipinski definition) is 5. The summed E-state index contributed by atoms with van der Waals surface area (Å²) in [5.41, 5.74) is 0. The van der Waals surface area contributed by atoms with E-state index in [1.807, 2.05) is 24.0 Å². The van der Waals surface area contributed by atoms with Crippen molar-refractivity contribution < 1.29 is 18.5 Å². The Morgan fingerprint density at radius 2 is 2.17 bits per heavy atom. The second kappa shape index (κ2) is 6.89. The SMILES string of the molecule is Cc1cc(OCC(=O)N2CCCCC[C@H]2c2ccc(C)o2)no1. The minimum atomic E-state index is -0.0494. The summed E-state index contributed by atoms with van der Waals surface area (Å²) in [7, 11) is 0. The topological polar surface area (TPSA) is 68.7 Å². The van der Waals surface area contributed by atoms with Crippen LogP contribution in [-0.2, 0) is 4.79 Å². The number of nitrogens with zero attached hydrogens (tertiary/aromatic N) is 2. The molecule has 0 radical (unpaired) electrons. The van der Waals surface area contributed by atoms with Crippen molar-refractivity contribution >= 4 is 5.91 Å². The van der Waals surface area contributed by atoms with Crippen molar-refractivity contribution in [2.24, 2.45) is 0 Å².